The maximum absolute atomic E-state index is 12.0. The van der Waals surface area contributed by atoms with Crippen LogP contribution in [-0.4, -0.2) is 16.9 Å². The van der Waals surface area contributed by atoms with Gasteiger partial charge in [0.1, 0.15) is 0 Å². The number of ketones is 1. The van der Waals surface area contributed by atoms with Gasteiger partial charge >= 0.3 is 5.97 Å². The van der Waals surface area contributed by atoms with E-state index in [2.05, 4.69) is 0 Å². The Bertz CT molecular complexity index is 611. The minimum Gasteiger partial charge on any atom is -0.475 e. The predicted molar refractivity (Wildman–Crippen MR) is 65.6 cm³/mol. The molecule has 0 fully saturated rings. The van der Waals surface area contributed by atoms with Crippen LogP contribution in [0.3, 0.4) is 0 Å². The third-order valence-corrected chi connectivity index (χ3v) is 2.60. The molecule has 1 N–H and O–H groups in total. The minimum absolute atomic E-state index is 0.0780. The van der Waals surface area contributed by atoms with Crippen LogP contribution in [0.4, 0.5) is 0 Å². The highest BCUT2D eigenvalue weighted by Gasteiger charge is 2.17. The van der Waals surface area contributed by atoms with E-state index >= 15 is 0 Å². The lowest BCUT2D eigenvalue weighted by molar-refractivity contribution is 0.0660. The highest BCUT2D eigenvalue weighted by atomic mass is 35.5. The normalized spacial score (nSPS) is 10.3. The van der Waals surface area contributed by atoms with E-state index in [0.717, 1.165) is 0 Å². The van der Waals surface area contributed by atoms with Gasteiger partial charge in [0.05, 0.1) is 0 Å². The molecule has 6 heteroatoms. The van der Waals surface area contributed by atoms with Gasteiger partial charge in [-0.05, 0) is 30.3 Å². The third-order valence-electron chi connectivity index (χ3n) is 2.17. The van der Waals surface area contributed by atoms with Gasteiger partial charge in [0, 0.05) is 15.6 Å². The number of halogens is 2. The number of carbonyl (C=O) groups is 2. The van der Waals surface area contributed by atoms with Crippen molar-refractivity contribution in [2.45, 2.75) is 0 Å². The Balaban J connectivity index is 2.38. The van der Waals surface area contributed by atoms with Crippen molar-refractivity contribution in [1.82, 2.24) is 0 Å². The van der Waals surface area contributed by atoms with Crippen LogP contribution in [0.5, 0.6) is 0 Å². The summed E-state index contributed by atoms with van der Waals surface area (Å²) in [6.07, 6.45) is 0. The number of rotatable bonds is 3. The molecule has 0 aliphatic carbocycles. The van der Waals surface area contributed by atoms with E-state index in [1.54, 1.807) is 0 Å². The average molecular weight is 285 g/mol. The molecule has 92 valence electrons. The van der Waals surface area contributed by atoms with Gasteiger partial charge in [-0.15, -0.1) is 0 Å². The zero-order valence-electron chi connectivity index (χ0n) is 8.81. The summed E-state index contributed by atoms with van der Waals surface area (Å²) in [4.78, 5) is 22.6. The molecular weight excluding hydrogens is 279 g/mol. The second-order valence-corrected chi connectivity index (χ2v) is 4.33. The second-order valence-electron chi connectivity index (χ2n) is 3.46. The molecule has 0 aliphatic heterocycles. The van der Waals surface area contributed by atoms with Gasteiger partial charge in [-0.3, -0.25) is 4.79 Å². The van der Waals surface area contributed by atoms with Crippen LogP contribution in [0, 0.1) is 0 Å². The van der Waals surface area contributed by atoms with Crippen molar-refractivity contribution in [1.29, 1.82) is 0 Å². The third kappa shape index (κ3) is 2.55. The summed E-state index contributed by atoms with van der Waals surface area (Å²) in [5.41, 5.74) is 0.235. The molecule has 1 heterocycles. The number of aromatic carboxylic acids is 1. The first kappa shape index (κ1) is 12.7. The molecule has 4 nitrogen and oxygen atoms in total. The molecule has 18 heavy (non-hydrogen) atoms. The molecular formula is C12H6Cl2O4. The van der Waals surface area contributed by atoms with Gasteiger partial charge in [0.15, 0.2) is 5.76 Å². The quantitative estimate of drug-likeness (QED) is 0.876. The molecule has 1 aromatic heterocycles. The van der Waals surface area contributed by atoms with Gasteiger partial charge in [-0.25, -0.2) is 4.79 Å². The highest BCUT2D eigenvalue weighted by molar-refractivity contribution is 6.35. The summed E-state index contributed by atoms with van der Waals surface area (Å²) in [6, 6.07) is 6.85. The van der Waals surface area contributed by atoms with E-state index in [1.807, 2.05) is 0 Å². The van der Waals surface area contributed by atoms with Crippen LogP contribution in [0.1, 0.15) is 26.7 Å². The van der Waals surface area contributed by atoms with Crippen LogP contribution in [0.2, 0.25) is 10.0 Å². The first-order chi connectivity index (χ1) is 8.47. The summed E-state index contributed by atoms with van der Waals surface area (Å²) in [7, 11) is 0. The maximum Gasteiger partial charge on any atom is 0.371 e. The Morgan fingerprint density at radius 3 is 2.06 bits per heavy atom. The van der Waals surface area contributed by atoms with Crippen molar-refractivity contribution >= 4 is 35.0 Å². The standard InChI is InChI=1S/C12H6Cl2O4/c13-7-3-6(4-8(14)5-7)11(15)9-1-2-10(18-9)12(16)17/h1-5H,(H,16,17). The number of benzene rings is 1. The largest absolute Gasteiger partial charge is 0.475 e. The Labute approximate surface area is 112 Å². The smallest absolute Gasteiger partial charge is 0.371 e. The number of furan rings is 1. The Kier molecular flexibility index (Phi) is 3.41. The Morgan fingerprint density at radius 1 is 1.00 bits per heavy atom. The van der Waals surface area contributed by atoms with Crippen molar-refractivity contribution in [3.05, 3.63) is 57.5 Å². The molecule has 0 radical (unpaired) electrons. The number of hydrogen-bond acceptors (Lipinski definition) is 3. The van der Waals surface area contributed by atoms with E-state index < -0.39 is 11.8 Å². The fourth-order valence-corrected chi connectivity index (χ4v) is 1.93. The first-order valence-electron chi connectivity index (χ1n) is 4.81. The topological polar surface area (TPSA) is 67.5 Å². The molecule has 0 unspecified atom stereocenters. The fourth-order valence-electron chi connectivity index (χ4n) is 1.40. The molecule has 0 spiro atoms. The fraction of sp³-hybridized carbons (Fsp3) is 0. The molecule has 0 bridgehead atoms. The SMILES string of the molecule is O=C(O)c1ccc(C(=O)c2cc(Cl)cc(Cl)c2)o1. The lowest BCUT2D eigenvalue weighted by atomic mass is 10.1. The predicted octanol–water partition coefficient (Wildman–Crippen LogP) is 3.52. The molecule has 0 saturated carbocycles. The second kappa shape index (κ2) is 4.84. The van der Waals surface area contributed by atoms with E-state index in [4.69, 9.17) is 32.7 Å². The van der Waals surface area contributed by atoms with Crippen molar-refractivity contribution in [3.63, 3.8) is 0 Å². The van der Waals surface area contributed by atoms with Crippen molar-refractivity contribution in [2.75, 3.05) is 0 Å². The summed E-state index contributed by atoms with van der Waals surface area (Å²) < 4.78 is 4.91. The lowest BCUT2D eigenvalue weighted by Crippen LogP contribution is -2.00. The first-order valence-corrected chi connectivity index (χ1v) is 5.57. The van der Waals surface area contributed by atoms with Crippen molar-refractivity contribution in [2.24, 2.45) is 0 Å². The Hall–Kier alpha value is -1.78. The Morgan fingerprint density at radius 2 is 1.56 bits per heavy atom. The van der Waals surface area contributed by atoms with Gasteiger partial charge < -0.3 is 9.52 Å². The maximum atomic E-state index is 12.0. The van der Waals surface area contributed by atoms with Gasteiger partial charge in [-0.2, -0.15) is 0 Å². The van der Waals surface area contributed by atoms with E-state index in [-0.39, 0.29) is 17.1 Å². The van der Waals surface area contributed by atoms with Crippen molar-refractivity contribution in [3.8, 4) is 0 Å². The molecule has 0 aliphatic rings. The monoisotopic (exact) mass is 284 g/mol. The highest BCUT2D eigenvalue weighted by Crippen LogP contribution is 2.22. The van der Waals surface area contributed by atoms with Gasteiger partial charge in [0.2, 0.25) is 11.5 Å². The van der Waals surface area contributed by atoms with Crippen LogP contribution in [-0.2, 0) is 0 Å². The molecule has 0 saturated heterocycles. The molecule has 2 rings (SSSR count). The van der Waals surface area contributed by atoms with E-state index in [1.165, 1.54) is 30.3 Å². The van der Waals surface area contributed by atoms with Crippen LogP contribution in [0.25, 0.3) is 0 Å². The summed E-state index contributed by atoms with van der Waals surface area (Å²) in [5, 5.41) is 9.32. The van der Waals surface area contributed by atoms with E-state index in [9.17, 15) is 9.59 Å². The van der Waals surface area contributed by atoms with Crippen LogP contribution in [0.15, 0.2) is 34.7 Å². The van der Waals surface area contributed by atoms with E-state index in [0.29, 0.717) is 10.0 Å². The number of hydrogen-bond donors (Lipinski definition) is 1. The van der Waals surface area contributed by atoms with Crippen LogP contribution < -0.4 is 0 Å². The summed E-state index contributed by atoms with van der Waals surface area (Å²) in [6.45, 7) is 0. The zero-order chi connectivity index (χ0) is 13.3. The minimum atomic E-state index is -1.24. The molecule has 1 aromatic carbocycles. The molecule has 0 atom stereocenters. The molecule has 2 aromatic rings. The summed E-state index contributed by atoms with van der Waals surface area (Å²) in [5.74, 6) is -2.10. The van der Waals surface area contributed by atoms with Gasteiger partial charge in [0.25, 0.3) is 0 Å². The number of carbonyl (C=O) groups excluding carboxylic acids is 1. The summed E-state index contributed by atoms with van der Waals surface area (Å²) >= 11 is 11.6. The lowest BCUT2D eigenvalue weighted by Gasteiger charge is -2.00. The average Bonchev–Trinajstić information content (AvgIpc) is 2.75. The van der Waals surface area contributed by atoms with Crippen molar-refractivity contribution < 1.29 is 19.1 Å². The van der Waals surface area contributed by atoms with Crippen LogP contribution >= 0.6 is 23.2 Å². The van der Waals surface area contributed by atoms with Gasteiger partial charge in [-0.1, -0.05) is 23.2 Å². The number of carboxylic acids is 1. The number of carboxylic acid groups (broad SMARTS) is 1. The zero-order valence-corrected chi connectivity index (χ0v) is 10.3. The molecule has 0 amide bonds.